The Bertz CT molecular complexity index is 1840. The standard InChI is InChI=1S/C28H22N4O4S/c1-14-8-4-6-10-18(14)30-25(33)21-16(3)29-28-32(23(21)20-13-12-15(2)36-20)27(35)24(37-28)22-17-9-5-7-11-19(17)31-26(22)34/h4-13,23H,1-3H3,(H,30,33)(H,31,34)/b24-22+. The topological polar surface area (TPSA) is 106 Å². The zero-order valence-electron chi connectivity index (χ0n) is 20.3. The maximum atomic E-state index is 14.0. The van der Waals surface area contributed by atoms with Crippen LogP contribution in [0.25, 0.3) is 5.57 Å². The molecule has 0 saturated heterocycles. The van der Waals surface area contributed by atoms with Crippen LogP contribution < -0.4 is 25.5 Å². The van der Waals surface area contributed by atoms with E-state index in [-0.39, 0.29) is 16.3 Å². The zero-order valence-corrected chi connectivity index (χ0v) is 21.1. The number of nitrogens with one attached hydrogen (secondary N) is 2. The highest BCUT2D eigenvalue weighted by Crippen LogP contribution is 2.33. The van der Waals surface area contributed by atoms with Crippen molar-refractivity contribution in [3.8, 4) is 0 Å². The Hall–Kier alpha value is -4.50. The molecule has 2 N–H and O–H groups in total. The van der Waals surface area contributed by atoms with Gasteiger partial charge in [-0.1, -0.05) is 47.7 Å². The van der Waals surface area contributed by atoms with Crippen LogP contribution in [0.15, 0.2) is 86.1 Å². The van der Waals surface area contributed by atoms with E-state index in [1.54, 1.807) is 38.1 Å². The summed E-state index contributed by atoms with van der Waals surface area (Å²) in [5.41, 5.74) is 3.57. The molecule has 2 aromatic heterocycles. The predicted octanol–water partition coefficient (Wildman–Crippen LogP) is 3.41. The van der Waals surface area contributed by atoms with E-state index in [1.807, 2.05) is 43.3 Å². The van der Waals surface area contributed by atoms with Crippen molar-refractivity contribution < 1.29 is 14.0 Å². The molecule has 2 aromatic carbocycles. The molecule has 1 atom stereocenters. The van der Waals surface area contributed by atoms with Gasteiger partial charge >= 0.3 is 0 Å². The van der Waals surface area contributed by atoms with E-state index in [4.69, 9.17) is 4.42 Å². The summed E-state index contributed by atoms with van der Waals surface area (Å²) in [4.78, 5) is 45.6. The van der Waals surface area contributed by atoms with E-state index in [9.17, 15) is 14.4 Å². The van der Waals surface area contributed by atoms with Crippen molar-refractivity contribution in [2.75, 3.05) is 10.6 Å². The highest BCUT2D eigenvalue weighted by Gasteiger charge is 2.36. The van der Waals surface area contributed by atoms with Crippen LogP contribution >= 0.6 is 11.3 Å². The van der Waals surface area contributed by atoms with Crippen LogP contribution in [0, 0.1) is 13.8 Å². The SMILES string of the molecule is CC1=C(C(=O)Nc2ccccc2C)C(c2ccc(C)o2)n2c(s/c(=C3/C(=O)Nc4ccccc43)c2=O)=N1. The number of para-hydroxylation sites is 2. The van der Waals surface area contributed by atoms with Gasteiger partial charge in [0, 0.05) is 16.9 Å². The lowest BCUT2D eigenvalue weighted by atomic mass is 10.00. The number of aryl methyl sites for hydroxylation is 2. The number of anilines is 2. The molecule has 4 aromatic rings. The van der Waals surface area contributed by atoms with Gasteiger partial charge in [-0.05, 0) is 50.6 Å². The molecule has 0 saturated carbocycles. The minimum atomic E-state index is -0.844. The number of carbonyl (C=O) groups is 2. The number of furan rings is 1. The minimum Gasteiger partial charge on any atom is -0.464 e. The van der Waals surface area contributed by atoms with Gasteiger partial charge in [0.25, 0.3) is 17.4 Å². The van der Waals surface area contributed by atoms with Gasteiger partial charge in [-0.25, -0.2) is 4.99 Å². The summed E-state index contributed by atoms with van der Waals surface area (Å²) in [6.45, 7) is 5.46. The molecule has 37 heavy (non-hydrogen) atoms. The van der Waals surface area contributed by atoms with Crippen LogP contribution in [0.1, 0.15) is 35.6 Å². The minimum absolute atomic E-state index is 0.267. The van der Waals surface area contributed by atoms with Crippen LogP contribution in [-0.2, 0) is 9.59 Å². The number of hydrogen-bond acceptors (Lipinski definition) is 6. The number of rotatable bonds is 3. The van der Waals surface area contributed by atoms with Crippen LogP contribution in [0.2, 0.25) is 0 Å². The molecule has 0 fully saturated rings. The molecule has 6 rings (SSSR count). The lowest BCUT2D eigenvalue weighted by Gasteiger charge is -2.23. The third kappa shape index (κ3) is 3.66. The number of allylic oxidation sites excluding steroid dienone is 1. The molecular formula is C28H22N4O4S. The summed E-state index contributed by atoms with van der Waals surface area (Å²) in [7, 11) is 0. The highest BCUT2D eigenvalue weighted by atomic mass is 32.1. The Kier molecular flexibility index (Phi) is 5.31. The van der Waals surface area contributed by atoms with Crippen molar-refractivity contribution in [3.05, 3.63) is 114 Å². The quantitative estimate of drug-likeness (QED) is 0.441. The van der Waals surface area contributed by atoms with E-state index >= 15 is 0 Å². The van der Waals surface area contributed by atoms with Crippen molar-refractivity contribution in [2.24, 2.45) is 4.99 Å². The van der Waals surface area contributed by atoms with Crippen LogP contribution in [-0.4, -0.2) is 16.4 Å². The van der Waals surface area contributed by atoms with Gasteiger partial charge in [-0.3, -0.25) is 19.0 Å². The van der Waals surface area contributed by atoms with Gasteiger partial charge in [0.1, 0.15) is 22.1 Å². The summed E-state index contributed by atoms with van der Waals surface area (Å²) < 4.78 is 7.68. The average Bonchev–Trinajstić information content (AvgIpc) is 3.54. The monoisotopic (exact) mass is 510 g/mol. The van der Waals surface area contributed by atoms with Crippen LogP contribution in [0.3, 0.4) is 0 Å². The molecule has 4 heterocycles. The second-order valence-electron chi connectivity index (χ2n) is 8.99. The van der Waals surface area contributed by atoms with Gasteiger partial charge < -0.3 is 15.1 Å². The average molecular weight is 511 g/mol. The number of nitrogens with zero attached hydrogens (tertiary/aromatic N) is 2. The molecule has 0 radical (unpaired) electrons. The number of benzene rings is 2. The highest BCUT2D eigenvalue weighted by molar-refractivity contribution is 7.07. The Morgan fingerprint density at radius 3 is 2.54 bits per heavy atom. The molecule has 1 unspecified atom stereocenters. The van der Waals surface area contributed by atoms with Gasteiger partial charge in [0.05, 0.1) is 16.8 Å². The number of amides is 2. The number of aromatic nitrogens is 1. The smallest absolute Gasteiger partial charge is 0.272 e. The van der Waals surface area contributed by atoms with Crippen molar-refractivity contribution in [2.45, 2.75) is 26.8 Å². The van der Waals surface area contributed by atoms with Crippen molar-refractivity contribution >= 4 is 40.1 Å². The fourth-order valence-corrected chi connectivity index (χ4v) is 5.92. The van der Waals surface area contributed by atoms with E-state index < -0.39 is 11.6 Å². The van der Waals surface area contributed by atoms with E-state index in [2.05, 4.69) is 15.6 Å². The Balaban J connectivity index is 1.57. The first kappa shape index (κ1) is 22.9. The lowest BCUT2D eigenvalue weighted by molar-refractivity contribution is -0.113. The lowest BCUT2D eigenvalue weighted by Crippen LogP contribution is -2.41. The molecule has 0 spiro atoms. The van der Waals surface area contributed by atoms with Crippen LogP contribution in [0.4, 0.5) is 11.4 Å². The number of thiazole rings is 1. The number of hydrogen-bond donors (Lipinski definition) is 2. The van der Waals surface area contributed by atoms with Crippen molar-refractivity contribution in [1.82, 2.24) is 4.57 Å². The molecule has 184 valence electrons. The van der Waals surface area contributed by atoms with Gasteiger partial charge in [0.15, 0.2) is 4.80 Å². The summed E-state index contributed by atoms with van der Waals surface area (Å²) in [6, 6.07) is 17.4. The second-order valence-corrected chi connectivity index (χ2v) is 9.97. The molecule has 2 aliphatic heterocycles. The summed E-state index contributed by atoms with van der Waals surface area (Å²) in [5.74, 6) is 0.370. The van der Waals surface area contributed by atoms with Crippen molar-refractivity contribution in [3.63, 3.8) is 0 Å². The molecular weight excluding hydrogens is 488 g/mol. The number of carbonyl (C=O) groups excluding carboxylic acids is 2. The Morgan fingerprint density at radius 2 is 1.78 bits per heavy atom. The molecule has 0 aliphatic carbocycles. The maximum Gasteiger partial charge on any atom is 0.272 e. The van der Waals surface area contributed by atoms with E-state index in [0.29, 0.717) is 50.1 Å². The molecule has 2 amide bonds. The first-order chi connectivity index (χ1) is 17.8. The van der Waals surface area contributed by atoms with Crippen LogP contribution in [0.5, 0.6) is 0 Å². The summed E-state index contributed by atoms with van der Waals surface area (Å²) >= 11 is 1.13. The van der Waals surface area contributed by atoms with E-state index in [1.165, 1.54) is 4.57 Å². The first-order valence-corrected chi connectivity index (χ1v) is 12.5. The summed E-state index contributed by atoms with van der Waals surface area (Å²) in [6.07, 6.45) is 0. The third-order valence-electron chi connectivity index (χ3n) is 6.56. The Labute approximate surface area is 215 Å². The molecule has 0 bridgehead atoms. The maximum absolute atomic E-state index is 14.0. The van der Waals surface area contributed by atoms with Gasteiger partial charge in [0.2, 0.25) is 0 Å². The fraction of sp³-hybridized carbons (Fsp3) is 0.143. The largest absolute Gasteiger partial charge is 0.464 e. The Morgan fingerprint density at radius 1 is 1.03 bits per heavy atom. The zero-order chi connectivity index (χ0) is 25.8. The second kappa shape index (κ2) is 8.56. The first-order valence-electron chi connectivity index (χ1n) is 11.7. The van der Waals surface area contributed by atoms with Gasteiger partial charge in [-0.15, -0.1) is 0 Å². The van der Waals surface area contributed by atoms with Gasteiger partial charge in [-0.2, -0.15) is 0 Å². The summed E-state index contributed by atoms with van der Waals surface area (Å²) in [5, 5.41) is 5.80. The normalized spacial score (nSPS) is 17.7. The molecule has 9 heteroatoms. The molecule has 8 nitrogen and oxygen atoms in total. The fourth-order valence-electron chi connectivity index (χ4n) is 4.78. The molecule has 2 aliphatic rings. The number of fused-ring (bicyclic) bond motifs is 2. The van der Waals surface area contributed by atoms with E-state index in [0.717, 1.165) is 16.9 Å². The third-order valence-corrected chi connectivity index (χ3v) is 7.62. The van der Waals surface area contributed by atoms with Crippen molar-refractivity contribution in [1.29, 1.82) is 0 Å². The predicted molar refractivity (Wildman–Crippen MR) is 141 cm³/mol.